The lowest BCUT2D eigenvalue weighted by Gasteiger charge is -2.00. The summed E-state index contributed by atoms with van der Waals surface area (Å²) in [5.41, 5.74) is 0.820. The molecule has 1 fully saturated rings. The third-order valence-electron chi connectivity index (χ3n) is 3.29. The second-order valence-corrected chi connectivity index (χ2v) is 4.61. The van der Waals surface area contributed by atoms with Crippen LogP contribution in [-0.4, -0.2) is 16.7 Å². The van der Waals surface area contributed by atoms with Crippen LogP contribution < -0.4 is 0 Å². The molecule has 3 aromatic rings. The molecule has 19 heavy (non-hydrogen) atoms. The molecule has 96 valence electrons. The largest absolute Gasteiger partial charge is 0.453 e. The van der Waals surface area contributed by atoms with Gasteiger partial charge in [-0.2, -0.15) is 4.98 Å². The lowest BCUT2D eigenvalue weighted by molar-refractivity contribution is 0.0835. The quantitative estimate of drug-likeness (QED) is 0.703. The third kappa shape index (κ3) is 1.82. The number of ether oxygens (including phenoxy) is 1. The maximum atomic E-state index is 5.70. The molecule has 4 rings (SSSR count). The van der Waals surface area contributed by atoms with E-state index < -0.39 is 0 Å². The van der Waals surface area contributed by atoms with E-state index in [0.29, 0.717) is 17.5 Å². The average Bonchev–Trinajstić information content (AvgIpc) is 3.17. The van der Waals surface area contributed by atoms with Gasteiger partial charge in [-0.15, -0.1) is 0 Å². The molecule has 1 saturated heterocycles. The summed E-state index contributed by atoms with van der Waals surface area (Å²) < 4.78 is 16.5. The maximum absolute atomic E-state index is 5.70. The van der Waals surface area contributed by atoms with E-state index in [1.165, 1.54) is 0 Å². The lowest BCUT2D eigenvalue weighted by Crippen LogP contribution is -1.95. The Hall–Kier alpha value is -2.14. The second-order valence-electron chi connectivity index (χ2n) is 4.61. The number of furan rings is 1. The van der Waals surface area contributed by atoms with Crippen molar-refractivity contribution >= 4 is 11.0 Å². The van der Waals surface area contributed by atoms with Crippen molar-refractivity contribution in [3.05, 3.63) is 36.2 Å². The predicted octanol–water partition coefficient (Wildman–Crippen LogP) is 3.33. The number of hydrogen-bond donors (Lipinski definition) is 0. The molecule has 0 amide bonds. The van der Waals surface area contributed by atoms with Crippen LogP contribution in [0.3, 0.4) is 0 Å². The molecule has 1 aromatic carbocycles. The molecule has 0 N–H and O–H groups in total. The highest BCUT2D eigenvalue weighted by Gasteiger charge is 2.24. The zero-order valence-electron chi connectivity index (χ0n) is 10.2. The van der Waals surface area contributed by atoms with Crippen LogP contribution in [0.25, 0.3) is 22.6 Å². The zero-order valence-corrected chi connectivity index (χ0v) is 10.2. The second kappa shape index (κ2) is 4.20. The van der Waals surface area contributed by atoms with Crippen LogP contribution in [0, 0.1) is 0 Å². The number of benzene rings is 1. The van der Waals surface area contributed by atoms with E-state index in [0.717, 1.165) is 30.4 Å². The Bertz CT molecular complexity index is 677. The third-order valence-corrected chi connectivity index (χ3v) is 3.29. The van der Waals surface area contributed by atoms with E-state index in [1.54, 1.807) is 0 Å². The highest BCUT2D eigenvalue weighted by atomic mass is 16.5. The molecule has 1 aliphatic rings. The van der Waals surface area contributed by atoms with Crippen LogP contribution >= 0.6 is 0 Å². The van der Waals surface area contributed by atoms with Crippen molar-refractivity contribution in [2.75, 3.05) is 6.61 Å². The van der Waals surface area contributed by atoms with Gasteiger partial charge < -0.3 is 13.7 Å². The molecule has 5 heteroatoms. The molecule has 0 bridgehead atoms. The van der Waals surface area contributed by atoms with Crippen LogP contribution in [-0.2, 0) is 4.74 Å². The molecular weight excluding hydrogens is 244 g/mol. The van der Waals surface area contributed by atoms with Crippen molar-refractivity contribution in [3.8, 4) is 11.6 Å². The molecule has 1 atom stereocenters. The molecule has 0 aliphatic carbocycles. The van der Waals surface area contributed by atoms with E-state index in [9.17, 15) is 0 Å². The average molecular weight is 256 g/mol. The van der Waals surface area contributed by atoms with E-state index in [1.807, 2.05) is 30.3 Å². The highest BCUT2D eigenvalue weighted by Crippen LogP contribution is 2.30. The van der Waals surface area contributed by atoms with E-state index in [4.69, 9.17) is 13.7 Å². The molecule has 3 heterocycles. The molecule has 1 aliphatic heterocycles. The molecule has 5 nitrogen and oxygen atoms in total. The minimum Gasteiger partial charge on any atom is -0.453 e. The van der Waals surface area contributed by atoms with Gasteiger partial charge in [-0.25, -0.2) is 0 Å². The van der Waals surface area contributed by atoms with Crippen LogP contribution in [0.2, 0.25) is 0 Å². The minimum absolute atomic E-state index is 0.0642. The smallest absolute Gasteiger partial charge is 0.256 e. The zero-order chi connectivity index (χ0) is 12.7. The SMILES string of the molecule is c1ccc2oc(-c3noc([C@@H]4CCCO4)n3)cc2c1. The number of rotatable bonds is 2. The fourth-order valence-corrected chi connectivity index (χ4v) is 2.33. The maximum Gasteiger partial charge on any atom is 0.256 e. The first-order valence-electron chi connectivity index (χ1n) is 6.34. The molecule has 0 saturated carbocycles. The summed E-state index contributed by atoms with van der Waals surface area (Å²) in [6.07, 6.45) is 1.90. The summed E-state index contributed by atoms with van der Waals surface area (Å²) in [4.78, 5) is 4.36. The van der Waals surface area contributed by atoms with Gasteiger partial charge in [0.2, 0.25) is 5.82 Å². The molecule has 0 radical (unpaired) electrons. The monoisotopic (exact) mass is 256 g/mol. The molecule has 0 spiro atoms. The van der Waals surface area contributed by atoms with E-state index in [2.05, 4.69) is 10.1 Å². The van der Waals surface area contributed by atoms with Gasteiger partial charge in [0.25, 0.3) is 5.89 Å². The standard InChI is InChI=1S/C14H12N2O3/c1-2-5-10-9(4-1)8-12(18-10)13-15-14(19-16-13)11-6-3-7-17-11/h1-2,4-5,8,11H,3,6-7H2/t11-/m0/s1. The molecule has 0 unspecified atom stereocenters. The van der Waals surface area contributed by atoms with Gasteiger partial charge in [-0.05, 0) is 25.0 Å². The Morgan fingerprint density at radius 2 is 2.16 bits per heavy atom. The van der Waals surface area contributed by atoms with Gasteiger partial charge in [-0.1, -0.05) is 23.4 Å². The summed E-state index contributed by atoms with van der Waals surface area (Å²) in [6, 6.07) is 9.72. The number of fused-ring (bicyclic) bond motifs is 1. The first-order chi connectivity index (χ1) is 9.40. The Kier molecular flexibility index (Phi) is 2.38. The van der Waals surface area contributed by atoms with Gasteiger partial charge in [0.1, 0.15) is 11.7 Å². The number of nitrogens with zero attached hydrogens (tertiary/aromatic N) is 2. The Morgan fingerprint density at radius 3 is 3.00 bits per heavy atom. The highest BCUT2D eigenvalue weighted by molar-refractivity contribution is 5.81. The minimum atomic E-state index is -0.0642. The van der Waals surface area contributed by atoms with Crippen molar-refractivity contribution in [1.29, 1.82) is 0 Å². The van der Waals surface area contributed by atoms with Crippen molar-refractivity contribution in [2.24, 2.45) is 0 Å². The van der Waals surface area contributed by atoms with Gasteiger partial charge >= 0.3 is 0 Å². The fraction of sp³-hybridized carbons (Fsp3) is 0.286. The first-order valence-corrected chi connectivity index (χ1v) is 6.34. The Morgan fingerprint density at radius 1 is 1.21 bits per heavy atom. The fourth-order valence-electron chi connectivity index (χ4n) is 2.33. The summed E-state index contributed by atoms with van der Waals surface area (Å²) in [5, 5.41) is 5.00. The van der Waals surface area contributed by atoms with Gasteiger partial charge in [0.05, 0.1) is 0 Å². The van der Waals surface area contributed by atoms with Crippen molar-refractivity contribution in [3.63, 3.8) is 0 Å². The van der Waals surface area contributed by atoms with Crippen LogP contribution in [0.5, 0.6) is 0 Å². The van der Waals surface area contributed by atoms with Crippen LogP contribution in [0.15, 0.2) is 39.3 Å². The van der Waals surface area contributed by atoms with Gasteiger partial charge in [-0.3, -0.25) is 0 Å². The predicted molar refractivity (Wildman–Crippen MR) is 67.4 cm³/mol. The van der Waals surface area contributed by atoms with Gasteiger partial charge in [0, 0.05) is 12.0 Å². The van der Waals surface area contributed by atoms with Gasteiger partial charge in [0.15, 0.2) is 5.76 Å². The van der Waals surface area contributed by atoms with Crippen molar-refractivity contribution in [2.45, 2.75) is 18.9 Å². The summed E-state index contributed by atoms with van der Waals surface area (Å²) in [7, 11) is 0. The number of hydrogen-bond acceptors (Lipinski definition) is 5. The lowest BCUT2D eigenvalue weighted by atomic mass is 10.2. The summed E-state index contributed by atoms with van der Waals surface area (Å²) in [6.45, 7) is 0.757. The Labute approximate surface area is 109 Å². The summed E-state index contributed by atoms with van der Waals surface area (Å²) >= 11 is 0. The first kappa shape index (κ1) is 10.8. The van der Waals surface area contributed by atoms with E-state index >= 15 is 0 Å². The topological polar surface area (TPSA) is 61.3 Å². The van der Waals surface area contributed by atoms with E-state index in [-0.39, 0.29) is 6.10 Å². The molecular formula is C14H12N2O3. The number of aromatic nitrogens is 2. The summed E-state index contributed by atoms with van der Waals surface area (Å²) in [5.74, 6) is 1.63. The van der Waals surface area contributed by atoms with Crippen LogP contribution in [0.4, 0.5) is 0 Å². The van der Waals surface area contributed by atoms with Crippen molar-refractivity contribution in [1.82, 2.24) is 10.1 Å². The molecule has 2 aromatic heterocycles. The Balaban J connectivity index is 1.71. The van der Waals surface area contributed by atoms with Crippen molar-refractivity contribution < 1.29 is 13.7 Å². The van der Waals surface area contributed by atoms with Crippen LogP contribution in [0.1, 0.15) is 24.8 Å². The normalized spacial score (nSPS) is 19.3. The number of para-hydroxylation sites is 1.